The predicted octanol–water partition coefficient (Wildman–Crippen LogP) is 8.25. The average molecular weight is 634 g/mol. The zero-order valence-electron chi connectivity index (χ0n) is 28.4. The van der Waals surface area contributed by atoms with Gasteiger partial charge in [-0.2, -0.15) is 0 Å². The molecule has 0 spiro atoms. The summed E-state index contributed by atoms with van der Waals surface area (Å²) in [4.78, 5) is 40.2. The van der Waals surface area contributed by atoms with E-state index in [-0.39, 0.29) is 37.2 Å². The van der Waals surface area contributed by atoms with E-state index in [1.54, 1.807) is 0 Å². The third-order valence-electron chi connectivity index (χ3n) is 10.9. The van der Waals surface area contributed by atoms with Gasteiger partial charge in [-0.15, -0.1) is 0 Å². The lowest BCUT2D eigenvalue weighted by atomic mass is 9.49. The van der Waals surface area contributed by atoms with Crippen molar-refractivity contribution in [2.75, 3.05) is 46.1 Å². The van der Waals surface area contributed by atoms with Crippen molar-refractivity contribution in [3.63, 3.8) is 0 Å². The van der Waals surface area contributed by atoms with Crippen molar-refractivity contribution in [2.45, 2.75) is 142 Å². The Labute approximate surface area is 273 Å². The van der Waals surface area contributed by atoms with E-state index in [4.69, 9.17) is 18.9 Å². The van der Waals surface area contributed by atoms with Crippen LogP contribution in [0.25, 0.3) is 0 Å². The van der Waals surface area contributed by atoms with Crippen LogP contribution in [0.15, 0.2) is 0 Å². The van der Waals surface area contributed by atoms with Crippen LogP contribution in [-0.2, 0) is 28.5 Å². The number of esters is 2. The standard InChI is InChI=1S/C37H63NO7/c1-2-3-4-5-6-7-8-9-10-11-15-34(39)43-27-33(29-45-36(41)42-19-14-18-38-16-12-13-17-38)28-44-35(40)26-37-23-30-20-31(24-37)22-32(21-30)25-37/h30-33H,2-29H2,1H3/t30-,31-,32-,33?,37?. The predicted molar refractivity (Wildman–Crippen MR) is 175 cm³/mol. The molecule has 1 aliphatic heterocycles. The molecule has 1 atom stereocenters. The molecule has 0 radical (unpaired) electrons. The van der Waals surface area contributed by atoms with Gasteiger partial charge in [0.2, 0.25) is 0 Å². The Morgan fingerprint density at radius 3 is 1.80 bits per heavy atom. The zero-order valence-corrected chi connectivity index (χ0v) is 28.4. The van der Waals surface area contributed by atoms with Gasteiger partial charge >= 0.3 is 18.1 Å². The summed E-state index contributed by atoms with van der Waals surface area (Å²) in [7, 11) is 0. The van der Waals surface area contributed by atoms with Gasteiger partial charge in [-0.3, -0.25) is 9.59 Å². The quantitative estimate of drug-likeness (QED) is 0.0631. The van der Waals surface area contributed by atoms with Gasteiger partial charge in [-0.25, -0.2) is 4.79 Å². The smallest absolute Gasteiger partial charge is 0.465 e. The molecule has 5 fully saturated rings. The van der Waals surface area contributed by atoms with Crippen molar-refractivity contribution in [3.05, 3.63) is 0 Å². The van der Waals surface area contributed by atoms with Crippen molar-refractivity contribution in [1.29, 1.82) is 0 Å². The second-order valence-electron chi connectivity index (χ2n) is 15.1. The Bertz CT molecular complexity index is 851. The van der Waals surface area contributed by atoms with E-state index < -0.39 is 12.1 Å². The van der Waals surface area contributed by atoms with Crippen LogP contribution in [0.1, 0.15) is 142 Å². The Morgan fingerprint density at radius 1 is 0.667 bits per heavy atom. The number of carbonyl (C=O) groups is 3. The van der Waals surface area contributed by atoms with Crippen LogP contribution in [0.4, 0.5) is 4.79 Å². The van der Waals surface area contributed by atoms with E-state index in [1.807, 2.05) is 0 Å². The average Bonchev–Trinajstić information content (AvgIpc) is 3.52. The topological polar surface area (TPSA) is 91.4 Å². The molecule has 8 heteroatoms. The number of nitrogens with zero attached hydrogens (tertiary/aromatic N) is 1. The summed E-state index contributed by atoms with van der Waals surface area (Å²) in [5, 5.41) is 0. The highest BCUT2D eigenvalue weighted by molar-refractivity contribution is 5.70. The lowest BCUT2D eigenvalue weighted by Gasteiger charge is -2.56. The van der Waals surface area contributed by atoms with Gasteiger partial charge in [0.15, 0.2) is 0 Å². The molecule has 45 heavy (non-hydrogen) atoms. The molecule has 5 rings (SSSR count). The molecule has 0 amide bonds. The number of ether oxygens (including phenoxy) is 4. The molecule has 0 aromatic carbocycles. The summed E-state index contributed by atoms with van der Waals surface area (Å²) < 4.78 is 22.0. The van der Waals surface area contributed by atoms with Gasteiger partial charge in [-0.1, -0.05) is 64.7 Å². The molecule has 4 aliphatic carbocycles. The monoisotopic (exact) mass is 633 g/mol. The van der Waals surface area contributed by atoms with E-state index in [1.165, 1.54) is 77.0 Å². The molecule has 4 saturated carbocycles. The van der Waals surface area contributed by atoms with E-state index in [0.717, 1.165) is 82.3 Å². The fraction of sp³-hybridized carbons (Fsp3) is 0.919. The van der Waals surface area contributed by atoms with Crippen LogP contribution in [0.5, 0.6) is 0 Å². The first-order valence-electron chi connectivity index (χ1n) is 18.8. The first kappa shape index (κ1) is 36.0. The van der Waals surface area contributed by atoms with E-state index in [9.17, 15) is 14.4 Å². The maximum atomic E-state index is 13.0. The minimum absolute atomic E-state index is 0.0128. The molecule has 0 aromatic heterocycles. The highest BCUT2D eigenvalue weighted by Crippen LogP contribution is 2.61. The highest BCUT2D eigenvalue weighted by Gasteiger charge is 2.51. The van der Waals surface area contributed by atoms with Gasteiger partial charge in [0.1, 0.15) is 19.8 Å². The molecule has 4 bridgehead atoms. The van der Waals surface area contributed by atoms with Crippen LogP contribution in [0, 0.1) is 29.1 Å². The van der Waals surface area contributed by atoms with Crippen LogP contribution >= 0.6 is 0 Å². The highest BCUT2D eigenvalue weighted by atomic mass is 16.7. The fourth-order valence-electron chi connectivity index (χ4n) is 8.94. The molecule has 8 nitrogen and oxygen atoms in total. The summed E-state index contributed by atoms with van der Waals surface area (Å²) in [6, 6.07) is 0. The number of carbonyl (C=O) groups excluding carboxylic acids is 3. The Morgan fingerprint density at radius 2 is 1.20 bits per heavy atom. The minimum Gasteiger partial charge on any atom is -0.465 e. The van der Waals surface area contributed by atoms with E-state index in [2.05, 4.69) is 11.8 Å². The maximum Gasteiger partial charge on any atom is 0.508 e. The summed E-state index contributed by atoms with van der Waals surface area (Å²) in [6.45, 7) is 5.82. The van der Waals surface area contributed by atoms with Crippen LogP contribution in [-0.4, -0.2) is 69.1 Å². The van der Waals surface area contributed by atoms with Gasteiger partial charge in [-0.05, 0) is 100 Å². The molecule has 258 valence electrons. The van der Waals surface area contributed by atoms with Crippen molar-refractivity contribution in [2.24, 2.45) is 29.1 Å². The van der Waals surface area contributed by atoms with Crippen molar-refractivity contribution < 1.29 is 33.3 Å². The van der Waals surface area contributed by atoms with Gasteiger partial charge in [0.25, 0.3) is 0 Å². The third-order valence-corrected chi connectivity index (χ3v) is 10.9. The third kappa shape index (κ3) is 13.4. The first-order valence-corrected chi connectivity index (χ1v) is 18.8. The van der Waals surface area contributed by atoms with Crippen molar-refractivity contribution in [3.8, 4) is 0 Å². The number of likely N-dealkylation sites (tertiary alicyclic amines) is 1. The fourth-order valence-corrected chi connectivity index (χ4v) is 8.94. The Kier molecular flexibility index (Phi) is 15.8. The first-order chi connectivity index (χ1) is 21.9. The number of hydrogen-bond acceptors (Lipinski definition) is 8. The Hall–Kier alpha value is -1.83. The lowest BCUT2D eigenvalue weighted by Crippen LogP contribution is -2.47. The van der Waals surface area contributed by atoms with E-state index >= 15 is 0 Å². The lowest BCUT2D eigenvalue weighted by molar-refractivity contribution is -0.155. The largest absolute Gasteiger partial charge is 0.508 e. The van der Waals surface area contributed by atoms with Crippen molar-refractivity contribution in [1.82, 2.24) is 4.90 Å². The van der Waals surface area contributed by atoms with Crippen molar-refractivity contribution >= 4 is 18.1 Å². The molecular formula is C37H63NO7. The molecule has 0 N–H and O–H groups in total. The maximum absolute atomic E-state index is 13.0. The van der Waals surface area contributed by atoms with Crippen LogP contribution < -0.4 is 0 Å². The molecule has 5 aliphatic rings. The minimum atomic E-state index is -0.724. The Balaban J connectivity index is 1.13. The SMILES string of the molecule is CCCCCCCCCCCCC(=O)OCC(COC(=O)CC12C[C@H]3C[C@H](C1)C[C@@H](C2)C3)COC(=O)OCCCN1CCCC1. The summed E-state index contributed by atoms with van der Waals surface area (Å²) in [5.74, 6) is 1.50. The molecular weight excluding hydrogens is 570 g/mol. The van der Waals surface area contributed by atoms with Gasteiger partial charge in [0, 0.05) is 13.0 Å². The number of rotatable bonds is 23. The van der Waals surface area contributed by atoms with Crippen LogP contribution in [0.2, 0.25) is 0 Å². The summed E-state index contributed by atoms with van der Waals surface area (Å²) in [6.07, 6.45) is 23.0. The second kappa shape index (κ2) is 19.7. The van der Waals surface area contributed by atoms with Crippen LogP contribution in [0.3, 0.4) is 0 Å². The molecule has 0 aromatic rings. The molecule has 1 saturated heterocycles. The zero-order chi connectivity index (χ0) is 31.7. The normalized spacial score (nSPS) is 26.1. The second-order valence-corrected chi connectivity index (χ2v) is 15.1. The molecule has 1 heterocycles. The van der Waals surface area contributed by atoms with E-state index in [0.29, 0.717) is 19.4 Å². The summed E-state index contributed by atoms with van der Waals surface area (Å²) >= 11 is 0. The van der Waals surface area contributed by atoms with Gasteiger partial charge in [0.05, 0.1) is 18.9 Å². The molecule has 1 unspecified atom stereocenters. The summed E-state index contributed by atoms with van der Waals surface area (Å²) in [5.41, 5.74) is 0.109. The number of hydrogen-bond donors (Lipinski definition) is 0. The number of unbranched alkanes of at least 4 members (excludes halogenated alkanes) is 9. The van der Waals surface area contributed by atoms with Gasteiger partial charge < -0.3 is 23.8 Å².